The fraction of sp³-hybridized carbons (Fsp3) is 0.100. The van der Waals surface area contributed by atoms with E-state index in [4.69, 9.17) is 0 Å². The number of ether oxygens (including phenoxy) is 1. The number of hydrogen-bond acceptors (Lipinski definition) is 4. The van der Waals surface area contributed by atoms with Crippen LogP contribution < -0.4 is 0 Å². The molecule has 0 aliphatic carbocycles. The molecular formula is C10H8EuO4. The monoisotopic (exact) mass is 345 g/mol. The molecule has 0 fully saturated rings. The van der Waals surface area contributed by atoms with Gasteiger partial charge in [-0.15, -0.1) is 0 Å². The molecule has 0 atom stereocenters. The van der Waals surface area contributed by atoms with Crippen LogP contribution in [0.4, 0.5) is 0 Å². The SMILES string of the molecule is CC(=O)C(=O)OC(=O)c1ccccc1.[Eu]. The van der Waals surface area contributed by atoms with E-state index in [1.807, 2.05) is 0 Å². The minimum absolute atomic E-state index is 0. The van der Waals surface area contributed by atoms with E-state index in [0.717, 1.165) is 6.92 Å². The summed E-state index contributed by atoms with van der Waals surface area (Å²) in [6.45, 7) is 1.04. The number of carbonyl (C=O) groups excluding carboxylic acids is 3. The molecule has 79 valence electrons. The van der Waals surface area contributed by atoms with Gasteiger partial charge < -0.3 is 4.74 Å². The molecule has 0 spiro atoms. The van der Waals surface area contributed by atoms with Gasteiger partial charge in [-0.25, -0.2) is 9.59 Å². The van der Waals surface area contributed by atoms with Crippen molar-refractivity contribution in [2.75, 3.05) is 0 Å². The zero-order valence-corrected chi connectivity index (χ0v) is 10.3. The summed E-state index contributed by atoms with van der Waals surface area (Å²) in [5, 5.41) is 0. The number of benzene rings is 1. The zero-order valence-electron chi connectivity index (χ0n) is 7.90. The standard InChI is InChI=1S/C10H8O4.Eu/c1-7(11)9(12)14-10(13)8-5-3-2-4-6-8;/h2-6H,1H3;. The third kappa shape index (κ3) is 4.77. The van der Waals surface area contributed by atoms with Crippen LogP contribution in [0.3, 0.4) is 0 Å². The first-order valence-electron chi connectivity index (χ1n) is 3.93. The normalized spacial score (nSPS) is 8.60. The van der Waals surface area contributed by atoms with Crippen LogP contribution in [-0.2, 0) is 14.3 Å². The van der Waals surface area contributed by atoms with Gasteiger partial charge >= 0.3 is 11.9 Å². The molecule has 4 nitrogen and oxygen atoms in total. The summed E-state index contributed by atoms with van der Waals surface area (Å²) >= 11 is 0. The van der Waals surface area contributed by atoms with Gasteiger partial charge in [-0.1, -0.05) is 18.2 Å². The number of carbonyl (C=O) groups is 3. The van der Waals surface area contributed by atoms with Gasteiger partial charge in [0.2, 0.25) is 5.78 Å². The summed E-state index contributed by atoms with van der Waals surface area (Å²) in [6.07, 6.45) is 0. The van der Waals surface area contributed by atoms with Crippen LogP contribution in [0.5, 0.6) is 0 Å². The van der Waals surface area contributed by atoms with Crippen LogP contribution in [0.15, 0.2) is 30.3 Å². The third-order valence-corrected chi connectivity index (χ3v) is 1.48. The van der Waals surface area contributed by atoms with E-state index in [9.17, 15) is 14.4 Å². The average molecular weight is 344 g/mol. The van der Waals surface area contributed by atoms with Crippen molar-refractivity contribution in [3.05, 3.63) is 35.9 Å². The largest absolute Gasteiger partial charge is 0.384 e. The Balaban J connectivity index is 0.00000196. The van der Waals surface area contributed by atoms with E-state index in [2.05, 4.69) is 4.74 Å². The van der Waals surface area contributed by atoms with Crippen molar-refractivity contribution in [3.8, 4) is 0 Å². The molecule has 5 heteroatoms. The van der Waals surface area contributed by atoms with E-state index in [-0.39, 0.29) is 54.9 Å². The molecule has 0 aliphatic heterocycles. The van der Waals surface area contributed by atoms with Crippen molar-refractivity contribution in [2.45, 2.75) is 6.92 Å². The van der Waals surface area contributed by atoms with Gasteiger partial charge in [0.15, 0.2) is 0 Å². The number of rotatable bonds is 2. The van der Waals surface area contributed by atoms with Crippen LogP contribution in [0, 0.1) is 49.4 Å². The first-order chi connectivity index (χ1) is 6.61. The topological polar surface area (TPSA) is 60.4 Å². The quantitative estimate of drug-likeness (QED) is 0.456. The summed E-state index contributed by atoms with van der Waals surface area (Å²) in [4.78, 5) is 32.4. The molecule has 0 aromatic heterocycles. The van der Waals surface area contributed by atoms with Crippen LogP contribution in [0.1, 0.15) is 17.3 Å². The number of ketones is 1. The van der Waals surface area contributed by atoms with Gasteiger partial charge in [-0.3, -0.25) is 4.79 Å². The Bertz CT molecular complexity index is 372. The van der Waals surface area contributed by atoms with Crippen molar-refractivity contribution < 1.29 is 68.5 Å². The van der Waals surface area contributed by atoms with Crippen molar-refractivity contribution >= 4 is 17.7 Å². The summed E-state index contributed by atoms with van der Waals surface area (Å²) in [5.74, 6) is -2.75. The Morgan fingerprint density at radius 2 is 1.60 bits per heavy atom. The molecule has 1 aromatic carbocycles. The Labute approximate surface area is 128 Å². The van der Waals surface area contributed by atoms with Crippen molar-refractivity contribution in [2.24, 2.45) is 0 Å². The summed E-state index contributed by atoms with van der Waals surface area (Å²) < 4.78 is 4.27. The van der Waals surface area contributed by atoms with Gasteiger partial charge in [0.25, 0.3) is 0 Å². The molecule has 15 heavy (non-hydrogen) atoms. The van der Waals surface area contributed by atoms with Gasteiger partial charge in [-0.2, -0.15) is 0 Å². The first kappa shape index (κ1) is 14.6. The second-order valence-corrected chi connectivity index (χ2v) is 2.60. The Morgan fingerprint density at radius 3 is 2.07 bits per heavy atom. The van der Waals surface area contributed by atoms with Gasteiger partial charge in [0.05, 0.1) is 5.56 Å². The van der Waals surface area contributed by atoms with Crippen molar-refractivity contribution in [1.82, 2.24) is 0 Å². The predicted molar refractivity (Wildman–Crippen MR) is 47.5 cm³/mol. The fourth-order valence-corrected chi connectivity index (χ4v) is 0.789. The molecule has 0 saturated heterocycles. The molecule has 1 radical (unpaired) electrons. The average Bonchev–Trinajstić information content (AvgIpc) is 2.19. The second kappa shape index (κ2) is 6.98. The molecule has 1 rings (SSSR count). The number of esters is 2. The van der Waals surface area contributed by atoms with Crippen LogP contribution in [0.2, 0.25) is 0 Å². The molecule has 1 aromatic rings. The maximum absolute atomic E-state index is 11.2. The van der Waals surface area contributed by atoms with Crippen LogP contribution in [0.25, 0.3) is 0 Å². The van der Waals surface area contributed by atoms with Crippen molar-refractivity contribution in [3.63, 3.8) is 0 Å². The summed E-state index contributed by atoms with van der Waals surface area (Å²) in [5.41, 5.74) is 0.238. The molecule has 0 amide bonds. The number of hydrogen-bond donors (Lipinski definition) is 0. The molecule has 0 bridgehead atoms. The third-order valence-electron chi connectivity index (χ3n) is 1.48. The first-order valence-corrected chi connectivity index (χ1v) is 3.93. The molecular weight excluding hydrogens is 336 g/mol. The Morgan fingerprint density at radius 1 is 1.07 bits per heavy atom. The molecule has 0 aliphatic rings. The van der Waals surface area contributed by atoms with E-state index in [1.165, 1.54) is 12.1 Å². The fourth-order valence-electron chi connectivity index (χ4n) is 0.789. The van der Waals surface area contributed by atoms with Gasteiger partial charge in [0.1, 0.15) is 0 Å². The van der Waals surface area contributed by atoms with Gasteiger partial charge in [0, 0.05) is 56.3 Å². The van der Waals surface area contributed by atoms with Crippen molar-refractivity contribution in [1.29, 1.82) is 0 Å². The molecule has 0 unspecified atom stereocenters. The van der Waals surface area contributed by atoms with Crippen LogP contribution in [-0.4, -0.2) is 17.7 Å². The summed E-state index contributed by atoms with van der Waals surface area (Å²) in [7, 11) is 0. The molecule has 0 saturated carbocycles. The Hall–Kier alpha value is -0.386. The van der Waals surface area contributed by atoms with Crippen LogP contribution >= 0.6 is 0 Å². The van der Waals surface area contributed by atoms with E-state index >= 15 is 0 Å². The maximum Gasteiger partial charge on any atom is 0.382 e. The smallest absolute Gasteiger partial charge is 0.382 e. The minimum Gasteiger partial charge on any atom is -0.384 e. The van der Waals surface area contributed by atoms with E-state index in [1.54, 1.807) is 18.2 Å². The molecule has 0 N–H and O–H groups in total. The zero-order chi connectivity index (χ0) is 10.6. The summed E-state index contributed by atoms with van der Waals surface area (Å²) in [6, 6.07) is 7.98. The predicted octanol–water partition coefficient (Wildman–Crippen LogP) is 0.959. The van der Waals surface area contributed by atoms with Gasteiger partial charge in [-0.05, 0) is 12.1 Å². The minimum atomic E-state index is -1.14. The Kier molecular flexibility index (Phi) is 6.80. The van der Waals surface area contributed by atoms with E-state index in [0.29, 0.717) is 0 Å². The second-order valence-electron chi connectivity index (χ2n) is 2.60. The maximum atomic E-state index is 11.2. The number of Topliss-reactive ketones (excluding diaryl/α,β-unsaturated/α-hetero) is 1. The molecule has 0 heterocycles. The van der Waals surface area contributed by atoms with E-state index < -0.39 is 17.7 Å².